The molecule has 0 aliphatic rings. The number of methoxy groups -OCH3 is 1. The van der Waals surface area contributed by atoms with Gasteiger partial charge in [0.25, 0.3) is 0 Å². The van der Waals surface area contributed by atoms with Crippen molar-refractivity contribution in [3.8, 4) is 11.7 Å². The predicted molar refractivity (Wildman–Crippen MR) is 52.7 cm³/mol. The Bertz CT molecular complexity index is 506. The molecule has 2 rings (SSSR count). The van der Waals surface area contributed by atoms with Crippen molar-refractivity contribution in [1.82, 2.24) is 19.7 Å². The average Bonchev–Trinajstić information content (AvgIpc) is 2.78. The van der Waals surface area contributed by atoms with Gasteiger partial charge < -0.3 is 9.84 Å². The van der Waals surface area contributed by atoms with Crippen LogP contribution in [0.3, 0.4) is 0 Å². The van der Waals surface area contributed by atoms with E-state index in [1.165, 1.54) is 36.4 Å². The van der Waals surface area contributed by atoms with Crippen molar-refractivity contribution in [3.63, 3.8) is 0 Å². The summed E-state index contributed by atoms with van der Waals surface area (Å²) >= 11 is 0. The molecule has 0 aliphatic carbocycles. The highest BCUT2D eigenvalue weighted by Gasteiger charge is 2.08. The molecule has 7 heteroatoms. The standard InChI is InChI=1S/C9H8N4O3/c1-16-9-10-4-6(5-11-9)13-3-2-7(12-13)8(14)15/h2-5H,1H3,(H,14,15). The number of hydrogen-bond donors (Lipinski definition) is 1. The minimum atomic E-state index is -1.08. The van der Waals surface area contributed by atoms with Gasteiger partial charge in [0.15, 0.2) is 5.69 Å². The maximum absolute atomic E-state index is 10.6. The Morgan fingerprint density at radius 1 is 1.44 bits per heavy atom. The minimum absolute atomic E-state index is 0.0316. The normalized spacial score (nSPS) is 10.1. The van der Waals surface area contributed by atoms with Crippen molar-refractivity contribution in [2.45, 2.75) is 0 Å². The van der Waals surface area contributed by atoms with E-state index < -0.39 is 5.97 Å². The molecular weight excluding hydrogens is 212 g/mol. The topological polar surface area (TPSA) is 90.1 Å². The zero-order valence-corrected chi connectivity index (χ0v) is 8.36. The number of carboxylic acids is 1. The lowest BCUT2D eigenvalue weighted by molar-refractivity contribution is 0.0690. The zero-order valence-electron chi connectivity index (χ0n) is 8.36. The van der Waals surface area contributed by atoms with Crippen molar-refractivity contribution in [2.24, 2.45) is 0 Å². The second kappa shape index (κ2) is 3.97. The molecule has 0 atom stereocenters. The van der Waals surface area contributed by atoms with Crippen LogP contribution in [-0.4, -0.2) is 37.9 Å². The second-order valence-electron chi connectivity index (χ2n) is 2.88. The summed E-state index contributed by atoms with van der Waals surface area (Å²) in [5.74, 6) is -1.08. The summed E-state index contributed by atoms with van der Waals surface area (Å²) in [4.78, 5) is 18.4. The first-order valence-electron chi connectivity index (χ1n) is 4.36. The molecule has 1 N–H and O–H groups in total. The molecule has 0 bridgehead atoms. The van der Waals surface area contributed by atoms with E-state index in [1.807, 2.05) is 0 Å². The van der Waals surface area contributed by atoms with Gasteiger partial charge in [0.2, 0.25) is 0 Å². The van der Waals surface area contributed by atoms with Crippen LogP contribution in [-0.2, 0) is 0 Å². The fraction of sp³-hybridized carbons (Fsp3) is 0.111. The summed E-state index contributed by atoms with van der Waals surface area (Å²) < 4.78 is 6.18. The van der Waals surface area contributed by atoms with Crippen molar-refractivity contribution >= 4 is 5.97 Å². The predicted octanol–water partition coefficient (Wildman–Crippen LogP) is 0.369. The molecule has 0 amide bonds. The smallest absolute Gasteiger partial charge is 0.356 e. The van der Waals surface area contributed by atoms with Gasteiger partial charge in [0.05, 0.1) is 19.5 Å². The van der Waals surface area contributed by atoms with Crippen LogP contribution < -0.4 is 4.74 Å². The van der Waals surface area contributed by atoms with Crippen LogP contribution in [0.2, 0.25) is 0 Å². The summed E-state index contributed by atoms with van der Waals surface area (Å²) in [5, 5.41) is 12.5. The third kappa shape index (κ3) is 1.83. The van der Waals surface area contributed by atoms with E-state index in [4.69, 9.17) is 9.84 Å². The van der Waals surface area contributed by atoms with Crippen molar-refractivity contribution in [1.29, 1.82) is 0 Å². The Labute approximate surface area is 90.3 Å². The van der Waals surface area contributed by atoms with Crippen LogP contribution in [0.15, 0.2) is 24.7 Å². The Morgan fingerprint density at radius 3 is 2.62 bits per heavy atom. The van der Waals surface area contributed by atoms with Gasteiger partial charge in [-0.3, -0.25) is 0 Å². The van der Waals surface area contributed by atoms with E-state index in [9.17, 15) is 4.79 Å². The van der Waals surface area contributed by atoms with Gasteiger partial charge in [-0.25, -0.2) is 19.4 Å². The van der Waals surface area contributed by atoms with E-state index in [2.05, 4.69) is 15.1 Å². The second-order valence-corrected chi connectivity index (χ2v) is 2.88. The van der Waals surface area contributed by atoms with Gasteiger partial charge >= 0.3 is 12.0 Å². The van der Waals surface area contributed by atoms with E-state index in [0.29, 0.717) is 5.69 Å². The Morgan fingerprint density at radius 2 is 2.12 bits per heavy atom. The van der Waals surface area contributed by atoms with Crippen LogP contribution in [0, 0.1) is 0 Å². The largest absolute Gasteiger partial charge is 0.476 e. The lowest BCUT2D eigenvalue weighted by Crippen LogP contribution is -2.02. The lowest BCUT2D eigenvalue weighted by atomic mass is 10.4. The number of nitrogens with zero attached hydrogens (tertiary/aromatic N) is 4. The number of ether oxygens (including phenoxy) is 1. The van der Waals surface area contributed by atoms with Crippen LogP contribution in [0.4, 0.5) is 0 Å². The van der Waals surface area contributed by atoms with E-state index in [1.54, 1.807) is 0 Å². The molecule has 0 radical (unpaired) electrons. The molecule has 0 unspecified atom stereocenters. The lowest BCUT2D eigenvalue weighted by Gasteiger charge is -2.00. The maximum atomic E-state index is 10.6. The molecule has 0 saturated carbocycles. The molecule has 0 saturated heterocycles. The average molecular weight is 220 g/mol. The Balaban J connectivity index is 2.31. The van der Waals surface area contributed by atoms with Gasteiger partial charge in [-0.15, -0.1) is 0 Å². The fourth-order valence-electron chi connectivity index (χ4n) is 1.11. The Kier molecular flexibility index (Phi) is 2.50. The quantitative estimate of drug-likeness (QED) is 0.803. The molecule has 2 aromatic rings. The summed E-state index contributed by atoms with van der Waals surface area (Å²) in [7, 11) is 1.46. The number of carbonyl (C=O) groups is 1. The van der Waals surface area contributed by atoms with Crippen molar-refractivity contribution < 1.29 is 14.6 Å². The summed E-state index contributed by atoms with van der Waals surface area (Å²) in [6.45, 7) is 0. The third-order valence-electron chi connectivity index (χ3n) is 1.87. The molecule has 16 heavy (non-hydrogen) atoms. The molecule has 0 spiro atoms. The number of aromatic nitrogens is 4. The number of hydrogen-bond acceptors (Lipinski definition) is 5. The SMILES string of the molecule is COc1ncc(-n2ccc(C(=O)O)n2)cn1. The van der Waals surface area contributed by atoms with Gasteiger partial charge in [-0.1, -0.05) is 0 Å². The highest BCUT2D eigenvalue weighted by atomic mass is 16.5. The van der Waals surface area contributed by atoms with Gasteiger partial charge in [-0.2, -0.15) is 5.10 Å². The highest BCUT2D eigenvalue weighted by Crippen LogP contribution is 2.07. The minimum Gasteiger partial charge on any atom is -0.476 e. The van der Waals surface area contributed by atoms with E-state index >= 15 is 0 Å². The monoisotopic (exact) mass is 220 g/mol. The van der Waals surface area contributed by atoms with Crippen LogP contribution in [0.1, 0.15) is 10.5 Å². The van der Waals surface area contributed by atoms with Gasteiger partial charge in [0, 0.05) is 6.20 Å². The van der Waals surface area contributed by atoms with E-state index in [0.717, 1.165) is 0 Å². The number of carboxylic acid groups (broad SMARTS) is 1. The maximum Gasteiger partial charge on any atom is 0.356 e. The molecule has 0 aromatic carbocycles. The molecular formula is C9H8N4O3. The molecule has 0 aliphatic heterocycles. The van der Waals surface area contributed by atoms with Crippen LogP contribution in [0.25, 0.3) is 5.69 Å². The summed E-state index contributed by atoms with van der Waals surface area (Å²) in [6, 6.07) is 1.64. The van der Waals surface area contributed by atoms with Crippen molar-refractivity contribution in [2.75, 3.05) is 7.11 Å². The molecule has 2 aromatic heterocycles. The summed E-state index contributed by atoms with van der Waals surface area (Å²) in [5.41, 5.74) is 0.532. The Hall–Kier alpha value is -2.44. The first-order valence-corrected chi connectivity index (χ1v) is 4.36. The number of aromatic carboxylic acids is 1. The third-order valence-corrected chi connectivity index (χ3v) is 1.87. The van der Waals surface area contributed by atoms with Gasteiger partial charge in [-0.05, 0) is 6.07 Å². The van der Waals surface area contributed by atoms with E-state index in [-0.39, 0.29) is 11.7 Å². The molecule has 7 nitrogen and oxygen atoms in total. The highest BCUT2D eigenvalue weighted by molar-refractivity contribution is 5.85. The number of rotatable bonds is 3. The first kappa shape index (κ1) is 10.1. The first-order chi connectivity index (χ1) is 7.70. The molecule has 82 valence electrons. The summed E-state index contributed by atoms with van der Waals surface area (Å²) in [6.07, 6.45) is 4.50. The fourth-order valence-corrected chi connectivity index (χ4v) is 1.11. The molecule has 2 heterocycles. The van der Waals surface area contributed by atoms with Gasteiger partial charge in [0.1, 0.15) is 5.69 Å². The van der Waals surface area contributed by atoms with Crippen molar-refractivity contribution in [3.05, 3.63) is 30.4 Å². The zero-order chi connectivity index (χ0) is 11.5. The molecule has 0 fully saturated rings. The van der Waals surface area contributed by atoms with Crippen LogP contribution in [0.5, 0.6) is 6.01 Å². The van der Waals surface area contributed by atoms with Crippen LogP contribution >= 0.6 is 0 Å².